The van der Waals surface area contributed by atoms with E-state index in [1.54, 1.807) is 42.4 Å². The first-order chi connectivity index (χ1) is 9.15. The molecule has 2 rings (SSSR count). The van der Waals surface area contributed by atoms with Crippen molar-refractivity contribution in [1.29, 1.82) is 0 Å². The van der Waals surface area contributed by atoms with E-state index in [2.05, 4.69) is 10.3 Å². The van der Waals surface area contributed by atoms with E-state index in [1.807, 2.05) is 18.2 Å². The summed E-state index contributed by atoms with van der Waals surface area (Å²) in [5.41, 5.74) is 1.55. The zero-order chi connectivity index (χ0) is 13.7. The van der Waals surface area contributed by atoms with Gasteiger partial charge < -0.3 is 10.2 Å². The number of aromatic nitrogens is 1. The summed E-state index contributed by atoms with van der Waals surface area (Å²) in [4.78, 5) is 17.7. The van der Waals surface area contributed by atoms with Crippen LogP contribution in [-0.4, -0.2) is 23.0 Å². The van der Waals surface area contributed by atoms with Gasteiger partial charge in [0, 0.05) is 24.0 Å². The standard InChI is InChI=1S/C14H14ClN3O/c1-18(10-13-4-2-3-9-16-13)14(19)17-12-7-5-11(15)6-8-12/h2-9H,10H2,1H3,(H,17,19). The lowest BCUT2D eigenvalue weighted by atomic mass is 10.3. The maximum absolute atomic E-state index is 12.0. The average Bonchev–Trinajstić information content (AvgIpc) is 2.42. The second-order valence-electron chi connectivity index (χ2n) is 4.11. The second kappa shape index (κ2) is 6.20. The van der Waals surface area contributed by atoms with Gasteiger partial charge in [-0.3, -0.25) is 4.98 Å². The molecule has 1 aromatic carbocycles. The van der Waals surface area contributed by atoms with E-state index in [-0.39, 0.29) is 6.03 Å². The van der Waals surface area contributed by atoms with Gasteiger partial charge >= 0.3 is 6.03 Å². The molecule has 4 nitrogen and oxygen atoms in total. The van der Waals surface area contributed by atoms with Crippen molar-refractivity contribution < 1.29 is 4.79 Å². The molecule has 98 valence electrons. The highest BCUT2D eigenvalue weighted by Gasteiger charge is 2.09. The molecule has 19 heavy (non-hydrogen) atoms. The zero-order valence-corrected chi connectivity index (χ0v) is 11.3. The Labute approximate surface area is 117 Å². The van der Waals surface area contributed by atoms with Gasteiger partial charge in [0.1, 0.15) is 0 Å². The summed E-state index contributed by atoms with van der Waals surface area (Å²) in [5, 5.41) is 3.43. The van der Waals surface area contributed by atoms with E-state index < -0.39 is 0 Å². The lowest BCUT2D eigenvalue weighted by Crippen LogP contribution is -2.31. The molecule has 2 amide bonds. The molecule has 5 heteroatoms. The minimum absolute atomic E-state index is 0.187. The molecule has 0 saturated carbocycles. The van der Waals surface area contributed by atoms with E-state index in [0.717, 1.165) is 5.69 Å². The van der Waals surface area contributed by atoms with E-state index in [9.17, 15) is 4.79 Å². The molecular formula is C14H14ClN3O. The summed E-state index contributed by atoms with van der Waals surface area (Å²) in [6, 6.07) is 12.4. The summed E-state index contributed by atoms with van der Waals surface area (Å²) in [5.74, 6) is 0. The molecule has 0 aliphatic heterocycles. The van der Waals surface area contributed by atoms with Gasteiger partial charge in [-0.25, -0.2) is 4.79 Å². The molecular weight excluding hydrogens is 262 g/mol. The molecule has 2 aromatic rings. The highest BCUT2D eigenvalue weighted by Crippen LogP contribution is 2.14. The van der Waals surface area contributed by atoms with Crippen LogP contribution in [0.1, 0.15) is 5.69 Å². The second-order valence-corrected chi connectivity index (χ2v) is 4.55. The number of hydrogen-bond acceptors (Lipinski definition) is 2. The largest absolute Gasteiger partial charge is 0.322 e. The number of rotatable bonds is 3. The Balaban J connectivity index is 1.94. The van der Waals surface area contributed by atoms with Crippen LogP contribution in [-0.2, 0) is 6.54 Å². The van der Waals surface area contributed by atoms with E-state index in [0.29, 0.717) is 17.3 Å². The molecule has 1 heterocycles. The molecule has 0 fully saturated rings. The summed E-state index contributed by atoms with van der Waals surface area (Å²) in [7, 11) is 1.72. The first-order valence-electron chi connectivity index (χ1n) is 5.83. The van der Waals surface area contributed by atoms with Gasteiger partial charge in [0.05, 0.1) is 12.2 Å². The zero-order valence-electron chi connectivity index (χ0n) is 10.5. The minimum Gasteiger partial charge on any atom is -0.322 e. The maximum Gasteiger partial charge on any atom is 0.321 e. The normalized spacial score (nSPS) is 10.0. The molecule has 0 spiro atoms. The lowest BCUT2D eigenvalue weighted by Gasteiger charge is -2.17. The number of pyridine rings is 1. The number of anilines is 1. The van der Waals surface area contributed by atoms with Crippen LogP contribution in [0.2, 0.25) is 5.02 Å². The van der Waals surface area contributed by atoms with Crippen molar-refractivity contribution in [3.8, 4) is 0 Å². The fraction of sp³-hybridized carbons (Fsp3) is 0.143. The van der Waals surface area contributed by atoms with Crippen LogP contribution in [0.5, 0.6) is 0 Å². The van der Waals surface area contributed by atoms with Gasteiger partial charge in [0.2, 0.25) is 0 Å². The van der Waals surface area contributed by atoms with Gasteiger partial charge in [-0.15, -0.1) is 0 Å². The van der Waals surface area contributed by atoms with E-state index in [1.165, 1.54) is 0 Å². The predicted octanol–water partition coefficient (Wildman–Crippen LogP) is 3.40. The Hall–Kier alpha value is -2.07. The quantitative estimate of drug-likeness (QED) is 0.933. The van der Waals surface area contributed by atoms with Crippen LogP contribution in [0, 0.1) is 0 Å². The minimum atomic E-state index is -0.187. The average molecular weight is 276 g/mol. The highest BCUT2D eigenvalue weighted by molar-refractivity contribution is 6.30. The number of carbonyl (C=O) groups excluding carboxylic acids is 1. The number of urea groups is 1. The molecule has 0 aliphatic carbocycles. The molecule has 0 unspecified atom stereocenters. The molecule has 0 atom stereocenters. The molecule has 1 aromatic heterocycles. The highest BCUT2D eigenvalue weighted by atomic mass is 35.5. The van der Waals surface area contributed by atoms with Crippen molar-refractivity contribution in [2.45, 2.75) is 6.54 Å². The summed E-state index contributed by atoms with van der Waals surface area (Å²) in [6.45, 7) is 0.459. The number of nitrogens with zero attached hydrogens (tertiary/aromatic N) is 2. The molecule has 1 N–H and O–H groups in total. The monoisotopic (exact) mass is 275 g/mol. The summed E-state index contributed by atoms with van der Waals surface area (Å²) >= 11 is 5.79. The number of nitrogens with one attached hydrogen (secondary N) is 1. The number of halogens is 1. The van der Waals surface area contributed by atoms with Crippen LogP contribution >= 0.6 is 11.6 Å². The first-order valence-corrected chi connectivity index (χ1v) is 6.20. The van der Waals surface area contributed by atoms with Gasteiger partial charge in [-0.05, 0) is 36.4 Å². The Kier molecular flexibility index (Phi) is 4.36. The molecule has 0 aliphatic rings. The smallest absolute Gasteiger partial charge is 0.321 e. The van der Waals surface area contributed by atoms with Crippen molar-refractivity contribution in [3.05, 3.63) is 59.4 Å². The van der Waals surface area contributed by atoms with Crippen molar-refractivity contribution in [2.75, 3.05) is 12.4 Å². The van der Waals surface area contributed by atoms with Gasteiger partial charge in [0.15, 0.2) is 0 Å². The Morgan fingerprint density at radius 2 is 2.00 bits per heavy atom. The lowest BCUT2D eigenvalue weighted by molar-refractivity contribution is 0.220. The van der Waals surface area contributed by atoms with E-state index in [4.69, 9.17) is 11.6 Å². The maximum atomic E-state index is 12.0. The van der Waals surface area contributed by atoms with E-state index >= 15 is 0 Å². The Morgan fingerprint density at radius 3 is 2.63 bits per heavy atom. The van der Waals surface area contributed by atoms with Crippen LogP contribution in [0.4, 0.5) is 10.5 Å². The van der Waals surface area contributed by atoms with Crippen LogP contribution in [0.3, 0.4) is 0 Å². The van der Waals surface area contributed by atoms with Crippen molar-refractivity contribution in [2.24, 2.45) is 0 Å². The third-order valence-corrected chi connectivity index (χ3v) is 2.82. The summed E-state index contributed by atoms with van der Waals surface area (Å²) in [6.07, 6.45) is 1.71. The fourth-order valence-corrected chi connectivity index (χ4v) is 1.68. The van der Waals surface area contributed by atoms with Gasteiger partial charge in [-0.1, -0.05) is 17.7 Å². The molecule has 0 saturated heterocycles. The number of carbonyl (C=O) groups is 1. The Bertz CT molecular complexity index is 542. The number of amides is 2. The first kappa shape index (κ1) is 13.4. The third-order valence-electron chi connectivity index (χ3n) is 2.57. The summed E-state index contributed by atoms with van der Waals surface area (Å²) < 4.78 is 0. The third kappa shape index (κ3) is 3.96. The SMILES string of the molecule is CN(Cc1ccccn1)C(=O)Nc1ccc(Cl)cc1. The predicted molar refractivity (Wildman–Crippen MR) is 76.2 cm³/mol. The fourth-order valence-electron chi connectivity index (χ4n) is 1.56. The van der Waals surface area contributed by atoms with Crippen molar-refractivity contribution in [3.63, 3.8) is 0 Å². The topological polar surface area (TPSA) is 45.2 Å². The van der Waals surface area contributed by atoms with Crippen molar-refractivity contribution >= 4 is 23.3 Å². The number of benzene rings is 1. The van der Waals surface area contributed by atoms with Crippen LogP contribution in [0.25, 0.3) is 0 Å². The van der Waals surface area contributed by atoms with Crippen molar-refractivity contribution in [1.82, 2.24) is 9.88 Å². The molecule has 0 radical (unpaired) electrons. The van der Waals surface area contributed by atoms with Crippen LogP contribution < -0.4 is 5.32 Å². The van der Waals surface area contributed by atoms with Gasteiger partial charge in [-0.2, -0.15) is 0 Å². The Morgan fingerprint density at radius 1 is 1.26 bits per heavy atom. The molecule has 0 bridgehead atoms. The van der Waals surface area contributed by atoms with Gasteiger partial charge in [0.25, 0.3) is 0 Å². The number of hydrogen-bond donors (Lipinski definition) is 1. The van der Waals surface area contributed by atoms with Crippen LogP contribution in [0.15, 0.2) is 48.7 Å².